The monoisotopic (exact) mass is 204 g/mol. The van der Waals surface area contributed by atoms with Gasteiger partial charge in [0.25, 0.3) is 0 Å². The van der Waals surface area contributed by atoms with Gasteiger partial charge < -0.3 is 10.6 Å². The number of likely N-dealkylation sites (N-methyl/N-ethyl adjacent to an activating group) is 1. The highest BCUT2D eigenvalue weighted by Crippen LogP contribution is 2.31. The molecule has 1 aromatic carbocycles. The summed E-state index contributed by atoms with van der Waals surface area (Å²) in [5.41, 5.74) is 10.3. The van der Waals surface area contributed by atoms with Gasteiger partial charge in [-0.1, -0.05) is 23.8 Å². The first kappa shape index (κ1) is 10.7. The molecule has 2 N–H and O–H groups in total. The molecule has 2 rings (SSSR count). The summed E-state index contributed by atoms with van der Waals surface area (Å²) in [6.45, 7) is 6.36. The van der Waals surface area contributed by atoms with Crippen molar-refractivity contribution in [2.45, 2.75) is 25.8 Å². The highest BCUT2D eigenvalue weighted by molar-refractivity contribution is 5.37. The molecule has 2 nitrogen and oxygen atoms in total. The molecule has 1 aliphatic rings. The Morgan fingerprint density at radius 2 is 2.07 bits per heavy atom. The lowest BCUT2D eigenvalue weighted by Crippen LogP contribution is -2.39. The number of aryl methyl sites for hydroxylation is 2. The summed E-state index contributed by atoms with van der Waals surface area (Å²) < 4.78 is 0. The molecule has 0 spiro atoms. The van der Waals surface area contributed by atoms with Crippen molar-refractivity contribution in [3.8, 4) is 0 Å². The molecule has 0 aliphatic carbocycles. The van der Waals surface area contributed by atoms with Gasteiger partial charge in [-0.05, 0) is 38.4 Å². The summed E-state index contributed by atoms with van der Waals surface area (Å²) in [5.74, 6) is 0. The Bertz CT molecular complexity index is 373. The molecule has 1 heterocycles. The Hall–Kier alpha value is -0.860. The maximum Gasteiger partial charge on any atom is 0.0553 e. The van der Waals surface area contributed by atoms with Crippen molar-refractivity contribution in [1.29, 1.82) is 0 Å². The minimum absolute atomic E-state index is 0.134. The Kier molecular flexibility index (Phi) is 2.57. The molecular formula is C13H20N2. The van der Waals surface area contributed by atoms with E-state index in [1.807, 2.05) is 0 Å². The van der Waals surface area contributed by atoms with Gasteiger partial charge in [-0.3, -0.25) is 0 Å². The summed E-state index contributed by atoms with van der Waals surface area (Å²) in [6.07, 6.45) is 1.06. The molecule has 1 aromatic rings. The number of rotatable bonds is 1. The van der Waals surface area contributed by atoms with Crippen molar-refractivity contribution in [1.82, 2.24) is 4.90 Å². The number of likely N-dealkylation sites (tertiary alicyclic amines) is 1. The van der Waals surface area contributed by atoms with Crippen molar-refractivity contribution in [2.75, 3.05) is 20.1 Å². The Labute approximate surface area is 92.1 Å². The average Bonchev–Trinajstić information content (AvgIpc) is 2.52. The maximum absolute atomic E-state index is 6.50. The van der Waals surface area contributed by atoms with Gasteiger partial charge in [0, 0.05) is 13.1 Å². The molecule has 1 saturated heterocycles. The third-order valence-electron chi connectivity index (χ3n) is 3.42. The fourth-order valence-electron chi connectivity index (χ4n) is 2.52. The Morgan fingerprint density at radius 3 is 2.67 bits per heavy atom. The normalized spacial score (nSPS) is 27.2. The quantitative estimate of drug-likeness (QED) is 0.755. The maximum atomic E-state index is 6.50. The summed E-state index contributed by atoms with van der Waals surface area (Å²) >= 11 is 0. The van der Waals surface area contributed by atoms with E-state index in [0.717, 1.165) is 19.5 Å². The first-order chi connectivity index (χ1) is 7.01. The predicted octanol–water partition coefficient (Wildman–Crippen LogP) is 1.79. The smallest absolute Gasteiger partial charge is 0.0553 e. The molecular weight excluding hydrogens is 184 g/mol. The van der Waals surface area contributed by atoms with Crippen LogP contribution in [-0.2, 0) is 5.54 Å². The van der Waals surface area contributed by atoms with E-state index < -0.39 is 0 Å². The van der Waals surface area contributed by atoms with Gasteiger partial charge in [-0.15, -0.1) is 0 Å². The highest BCUT2D eigenvalue weighted by atomic mass is 15.2. The highest BCUT2D eigenvalue weighted by Gasteiger charge is 2.35. The van der Waals surface area contributed by atoms with E-state index in [2.05, 4.69) is 44.0 Å². The van der Waals surface area contributed by atoms with Gasteiger partial charge in [-0.2, -0.15) is 0 Å². The van der Waals surface area contributed by atoms with Gasteiger partial charge in [-0.25, -0.2) is 0 Å². The standard InChI is InChI=1S/C13H20N2/c1-10-4-5-11(2)12(8-10)13(14)6-7-15(3)9-13/h4-5,8H,6-7,9,14H2,1-3H3. The molecule has 0 aromatic heterocycles. The minimum atomic E-state index is -0.134. The van der Waals surface area contributed by atoms with Crippen LogP contribution in [0.1, 0.15) is 23.1 Å². The minimum Gasteiger partial charge on any atom is -0.320 e. The zero-order chi connectivity index (χ0) is 11.1. The second-order valence-electron chi connectivity index (χ2n) is 4.96. The molecule has 1 aliphatic heterocycles. The lowest BCUT2D eigenvalue weighted by Gasteiger charge is -2.26. The predicted molar refractivity (Wildman–Crippen MR) is 63.9 cm³/mol. The molecule has 82 valence electrons. The number of nitrogens with two attached hydrogens (primary N) is 1. The molecule has 1 unspecified atom stereocenters. The first-order valence-corrected chi connectivity index (χ1v) is 5.56. The summed E-state index contributed by atoms with van der Waals surface area (Å²) in [4.78, 5) is 2.31. The van der Waals surface area contributed by atoms with Crippen LogP contribution in [0.4, 0.5) is 0 Å². The summed E-state index contributed by atoms with van der Waals surface area (Å²) in [7, 11) is 2.14. The van der Waals surface area contributed by atoms with E-state index in [-0.39, 0.29) is 5.54 Å². The molecule has 2 heteroatoms. The molecule has 1 atom stereocenters. The average molecular weight is 204 g/mol. The van der Waals surface area contributed by atoms with E-state index in [4.69, 9.17) is 5.73 Å². The van der Waals surface area contributed by atoms with Crippen molar-refractivity contribution in [3.63, 3.8) is 0 Å². The largest absolute Gasteiger partial charge is 0.320 e. The number of hydrogen-bond acceptors (Lipinski definition) is 2. The Balaban J connectivity index is 2.40. The van der Waals surface area contributed by atoms with E-state index in [1.165, 1.54) is 16.7 Å². The van der Waals surface area contributed by atoms with Crippen molar-refractivity contribution >= 4 is 0 Å². The number of benzene rings is 1. The fraction of sp³-hybridized carbons (Fsp3) is 0.538. The van der Waals surface area contributed by atoms with E-state index >= 15 is 0 Å². The van der Waals surface area contributed by atoms with Crippen molar-refractivity contribution in [2.24, 2.45) is 5.73 Å². The summed E-state index contributed by atoms with van der Waals surface area (Å²) in [5, 5.41) is 0. The first-order valence-electron chi connectivity index (χ1n) is 5.56. The zero-order valence-electron chi connectivity index (χ0n) is 9.88. The van der Waals surface area contributed by atoms with Gasteiger partial charge >= 0.3 is 0 Å². The fourth-order valence-corrected chi connectivity index (χ4v) is 2.52. The molecule has 0 radical (unpaired) electrons. The van der Waals surface area contributed by atoms with Crippen molar-refractivity contribution in [3.05, 3.63) is 34.9 Å². The molecule has 0 saturated carbocycles. The summed E-state index contributed by atoms with van der Waals surface area (Å²) in [6, 6.07) is 6.58. The van der Waals surface area contributed by atoms with E-state index in [9.17, 15) is 0 Å². The lowest BCUT2D eigenvalue weighted by molar-refractivity contribution is 0.372. The van der Waals surface area contributed by atoms with E-state index in [1.54, 1.807) is 0 Å². The van der Waals surface area contributed by atoms with Crippen LogP contribution in [0.2, 0.25) is 0 Å². The topological polar surface area (TPSA) is 29.3 Å². The Morgan fingerprint density at radius 1 is 1.33 bits per heavy atom. The van der Waals surface area contributed by atoms with Gasteiger partial charge in [0.05, 0.1) is 5.54 Å². The van der Waals surface area contributed by atoms with Gasteiger partial charge in [0.1, 0.15) is 0 Å². The lowest BCUT2D eigenvalue weighted by atomic mass is 9.86. The second-order valence-corrected chi connectivity index (χ2v) is 4.96. The third-order valence-corrected chi connectivity index (χ3v) is 3.42. The third kappa shape index (κ3) is 1.92. The van der Waals surface area contributed by atoms with Crippen LogP contribution in [0.25, 0.3) is 0 Å². The molecule has 1 fully saturated rings. The van der Waals surface area contributed by atoms with Crippen LogP contribution < -0.4 is 5.73 Å². The molecule has 0 amide bonds. The molecule has 15 heavy (non-hydrogen) atoms. The van der Waals surface area contributed by atoms with Crippen molar-refractivity contribution < 1.29 is 0 Å². The van der Waals surface area contributed by atoms with Crippen LogP contribution in [0, 0.1) is 13.8 Å². The number of nitrogens with zero attached hydrogens (tertiary/aromatic N) is 1. The van der Waals surface area contributed by atoms with Crippen LogP contribution in [-0.4, -0.2) is 25.0 Å². The van der Waals surface area contributed by atoms with Crippen LogP contribution in [0.5, 0.6) is 0 Å². The SMILES string of the molecule is Cc1ccc(C)c(C2(N)CCN(C)C2)c1. The van der Waals surface area contributed by atoms with Crippen LogP contribution in [0.15, 0.2) is 18.2 Å². The van der Waals surface area contributed by atoms with Crippen LogP contribution in [0.3, 0.4) is 0 Å². The zero-order valence-corrected chi connectivity index (χ0v) is 9.88. The number of hydrogen-bond donors (Lipinski definition) is 1. The van der Waals surface area contributed by atoms with Gasteiger partial charge in [0.2, 0.25) is 0 Å². The molecule has 0 bridgehead atoms. The second kappa shape index (κ2) is 3.62. The van der Waals surface area contributed by atoms with E-state index in [0.29, 0.717) is 0 Å². The van der Waals surface area contributed by atoms with Crippen LogP contribution >= 0.6 is 0 Å². The van der Waals surface area contributed by atoms with Gasteiger partial charge in [0.15, 0.2) is 0 Å².